The largest absolute Gasteiger partial charge is 0.481 e. The molecule has 1 N–H and O–H groups in total. The normalized spacial score (nSPS) is 11.5. The number of imide groups is 1. The van der Waals surface area contributed by atoms with Crippen LogP contribution in [0, 0.1) is 5.92 Å². The lowest BCUT2D eigenvalue weighted by Gasteiger charge is -2.19. The fourth-order valence-electron chi connectivity index (χ4n) is 2.15. The van der Waals surface area contributed by atoms with Crippen LogP contribution in [0.15, 0.2) is 60.7 Å². The van der Waals surface area contributed by atoms with Gasteiger partial charge in [0.25, 0.3) is 5.91 Å². The van der Waals surface area contributed by atoms with Gasteiger partial charge in [-0.15, -0.1) is 0 Å². The smallest absolute Gasteiger partial charge is 0.316 e. The van der Waals surface area contributed by atoms with E-state index in [2.05, 4.69) is 0 Å². The summed E-state index contributed by atoms with van der Waals surface area (Å²) in [5.41, 5.74) is 1.44. The molecule has 6 nitrogen and oxygen atoms in total. The second kappa shape index (κ2) is 8.59. The van der Waals surface area contributed by atoms with Crippen LogP contribution in [0.2, 0.25) is 0 Å². The fraction of sp³-hybridized carbons (Fsp3) is 0.167. The van der Waals surface area contributed by atoms with Crippen LogP contribution in [0.1, 0.15) is 11.1 Å². The van der Waals surface area contributed by atoms with Crippen LogP contribution in [-0.2, 0) is 32.2 Å². The molecule has 0 radical (unpaired) electrons. The zero-order valence-electron chi connectivity index (χ0n) is 12.9. The van der Waals surface area contributed by atoms with Crippen LogP contribution in [0.3, 0.4) is 0 Å². The standard InChI is InChI=1S/C18H17NO5/c20-13-19(24-12-15-9-5-2-6-10-15)17(21)16(18(22)23)11-14-7-3-1-4-8-14/h1-10,13,16H,11-12H2,(H,22,23). The van der Waals surface area contributed by atoms with E-state index in [-0.39, 0.29) is 19.4 Å². The molecule has 24 heavy (non-hydrogen) atoms. The van der Waals surface area contributed by atoms with Crippen LogP contribution in [0.25, 0.3) is 0 Å². The molecule has 0 spiro atoms. The maximum absolute atomic E-state index is 12.3. The Balaban J connectivity index is 2.05. The first kappa shape index (κ1) is 17.4. The van der Waals surface area contributed by atoms with Gasteiger partial charge in [0, 0.05) is 0 Å². The molecule has 1 atom stereocenters. The Labute approximate surface area is 139 Å². The topological polar surface area (TPSA) is 83.9 Å². The number of rotatable bonds is 8. The van der Waals surface area contributed by atoms with Crippen molar-refractivity contribution >= 4 is 18.3 Å². The molecule has 0 saturated carbocycles. The van der Waals surface area contributed by atoms with E-state index in [1.165, 1.54) is 0 Å². The molecule has 0 fully saturated rings. The monoisotopic (exact) mass is 327 g/mol. The number of benzene rings is 2. The highest BCUT2D eigenvalue weighted by Crippen LogP contribution is 2.13. The maximum atomic E-state index is 12.3. The highest BCUT2D eigenvalue weighted by Gasteiger charge is 2.31. The van der Waals surface area contributed by atoms with E-state index in [1.54, 1.807) is 54.6 Å². The number of carbonyl (C=O) groups excluding carboxylic acids is 2. The molecule has 0 aliphatic heterocycles. The highest BCUT2D eigenvalue weighted by molar-refractivity contribution is 6.00. The summed E-state index contributed by atoms with van der Waals surface area (Å²) >= 11 is 0. The van der Waals surface area contributed by atoms with Crippen LogP contribution < -0.4 is 0 Å². The number of hydrogen-bond acceptors (Lipinski definition) is 4. The number of hydrogen-bond donors (Lipinski definition) is 1. The molecule has 2 aromatic carbocycles. The molecule has 1 unspecified atom stereocenters. The number of carboxylic acids is 1. The number of hydroxylamine groups is 2. The van der Waals surface area contributed by atoms with Gasteiger partial charge in [0.15, 0.2) is 0 Å². The summed E-state index contributed by atoms with van der Waals surface area (Å²) in [6.07, 6.45) is 0.167. The molecule has 0 heterocycles. The lowest BCUT2D eigenvalue weighted by atomic mass is 9.98. The molecular weight excluding hydrogens is 310 g/mol. The molecule has 0 aliphatic rings. The molecule has 0 saturated heterocycles. The number of aliphatic carboxylic acids is 1. The predicted octanol–water partition coefficient (Wildman–Crippen LogP) is 2.05. The van der Waals surface area contributed by atoms with Crippen LogP contribution in [-0.4, -0.2) is 28.5 Å². The fourth-order valence-corrected chi connectivity index (χ4v) is 2.15. The quantitative estimate of drug-likeness (QED) is 0.456. The Morgan fingerprint density at radius 3 is 2.04 bits per heavy atom. The van der Waals surface area contributed by atoms with E-state index in [0.717, 1.165) is 5.56 Å². The van der Waals surface area contributed by atoms with E-state index < -0.39 is 17.8 Å². The van der Waals surface area contributed by atoms with Crippen molar-refractivity contribution in [2.75, 3.05) is 0 Å². The third-order valence-electron chi connectivity index (χ3n) is 3.40. The number of carboxylic acid groups (broad SMARTS) is 1. The van der Waals surface area contributed by atoms with Crippen molar-refractivity contribution in [2.45, 2.75) is 13.0 Å². The van der Waals surface area contributed by atoms with Crippen LogP contribution in [0.4, 0.5) is 0 Å². The summed E-state index contributed by atoms with van der Waals surface area (Å²) in [4.78, 5) is 40.0. The minimum absolute atomic E-state index is 0.0109. The van der Waals surface area contributed by atoms with E-state index in [1.807, 2.05) is 6.07 Å². The first-order valence-corrected chi connectivity index (χ1v) is 7.33. The number of nitrogens with zero attached hydrogens (tertiary/aromatic N) is 1. The SMILES string of the molecule is O=CN(OCc1ccccc1)C(=O)C(Cc1ccccc1)C(=O)O. The summed E-state index contributed by atoms with van der Waals surface area (Å²) in [6, 6.07) is 17.7. The van der Waals surface area contributed by atoms with Crippen molar-refractivity contribution in [1.82, 2.24) is 5.06 Å². The average molecular weight is 327 g/mol. The minimum atomic E-state index is -1.40. The Kier molecular flexibility index (Phi) is 6.22. The van der Waals surface area contributed by atoms with Gasteiger partial charge in [-0.3, -0.25) is 19.2 Å². The summed E-state index contributed by atoms with van der Waals surface area (Å²) in [7, 11) is 0. The van der Waals surface area contributed by atoms with Gasteiger partial charge in [-0.1, -0.05) is 60.7 Å². The van der Waals surface area contributed by atoms with E-state index in [4.69, 9.17) is 4.84 Å². The van der Waals surface area contributed by atoms with Crippen LogP contribution >= 0.6 is 0 Å². The molecule has 6 heteroatoms. The predicted molar refractivity (Wildman–Crippen MR) is 85.4 cm³/mol. The zero-order chi connectivity index (χ0) is 17.4. The van der Waals surface area contributed by atoms with Gasteiger partial charge >= 0.3 is 5.97 Å². The average Bonchev–Trinajstić information content (AvgIpc) is 2.61. The minimum Gasteiger partial charge on any atom is -0.481 e. The van der Waals surface area contributed by atoms with Gasteiger partial charge in [-0.25, -0.2) is 0 Å². The van der Waals surface area contributed by atoms with Crippen molar-refractivity contribution in [3.05, 3.63) is 71.8 Å². The molecule has 2 aromatic rings. The van der Waals surface area contributed by atoms with Crippen molar-refractivity contribution in [1.29, 1.82) is 0 Å². The van der Waals surface area contributed by atoms with Crippen molar-refractivity contribution < 1.29 is 24.3 Å². The van der Waals surface area contributed by atoms with Gasteiger partial charge in [0.05, 0.1) is 0 Å². The van der Waals surface area contributed by atoms with Crippen LogP contribution in [0.5, 0.6) is 0 Å². The lowest BCUT2D eigenvalue weighted by Crippen LogP contribution is -2.39. The number of carbonyl (C=O) groups is 3. The second-order valence-electron chi connectivity index (χ2n) is 5.11. The van der Waals surface area contributed by atoms with Gasteiger partial charge < -0.3 is 5.11 Å². The van der Waals surface area contributed by atoms with E-state index in [0.29, 0.717) is 10.6 Å². The highest BCUT2D eigenvalue weighted by atomic mass is 16.7. The lowest BCUT2D eigenvalue weighted by molar-refractivity contribution is -0.194. The van der Waals surface area contributed by atoms with Gasteiger partial charge in [-0.2, -0.15) is 5.06 Å². The molecule has 0 aliphatic carbocycles. The molecule has 2 rings (SSSR count). The summed E-state index contributed by atoms with van der Waals surface area (Å²) in [5, 5.41) is 9.77. The first-order chi connectivity index (χ1) is 11.6. The number of amides is 2. The van der Waals surface area contributed by atoms with Gasteiger partial charge in [0.2, 0.25) is 6.41 Å². The van der Waals surface area contributed by atoms with Crippen molar-refractivity contribution in [3.8, 4) is 0 Å². The van der Waals surface area contributed by atoms with E-state index >= 15 is 0 Å². The molecule has 124 valence electrons. The van der Waals surface area contributed by atoms with E-state index in [9.17, 15) is 19.5 Å². The Bertz CT molecular complexity index is 687. The first-order valence-electron chi connectivity index (χ1n) is 7.33. The van der Waals surface area contributed by atoms with Crippen molar-refractivity contribution in [2.24, 2.45) is 5.92 Å². The van der Waals surface area contributed by atoms with Gasteiger partial charge in [-0.05, 0) is 17.5 Å². The molecule has 0 bridgehead atoms. The summed E-state index contributed by atoms with van der Waals surface area (Å²) < 4.78 is 0. The van der Waals surface area contributed by atoms with Crippen molar-refractivity contribution in [3.63, 3.8) is 0 Å². The zero-order valence-corrected chi connectivity index (χ0v) is 12.9. The Hall–Kier alpha value is -2.99. The summed E-state index contributed by atoms with van der Waals surface area (Å²) in [6.45, 7) is -0.0109. The third-order valence-corrected chi connectivity index (χ3v) is 3.40. The second-order valence-corrected chi connectivity index (χ2v) is 5.11. The Morgan fingerprint density at radius 2 is 1.54 bits per heavy atom. The third kappa shape index (κ3) is 4.76. The molecular formula is C18H17NO5. The van der Waals surface area contributed by atoms with Gasteiger partial charge in [0.1, 0.15) is 12.5 Å². The maximum Gasteiger partial charge on any atom is 0.316 e. The molecule has 2 amide bonds. The molecule has 0 aromatic heterocycles. The Morgan fingerprint density at radius 1 is 1.00 bits per heavy atom. The summed E-state index contributed by atoms with van der Waals surface area (Å²) in [5.74, 6) is -3.61.